The van der Waals surface area contributed by atoms with Crippen molar-refractivity contribution in [2.75, 3.05) is 13.2 Å². The van der Waals surface area contributed by atoms with E-state index in [0.29, 0.717) is 0 Å². The molecule has 30 heavy (non-hydrogen) atoms. The molecular formula is C28H40O2. The van der Waals surface area contributed by atoms with Crippen LogP contribution in [0.15, 0.2) is 71.8 Å². The van der Waals surface area contributed by atoms with Crippen molar-refractivity contribution in [1.82, 2.24) is 0 Å². The summed E-state index contributed by atoms with van der Waals surface area (Å²) in [7, 11) is 0. The minimum absolute atomic E-state index is 0.179. The molecular weight excluding hydrogens is 368 g/mol. The Morgan fingerprint density at radius 1 is 0.600 bits per heavy atom. The maximum absolute atomic E-state index is 9.22. The fraction of sp³-hybridized carbons (Fsp3) is 0.429. The van der Waals surface area contributed by atoms with Crippen molar-refractivity contribution in [3.8, 4) is 0 Å². The van der Waals surface area contributed by atoms with E-state index in [2.05, 4.69) is 50.3 Å². The summed E-state index contributed by atoms with van der Waals surface area (Å²) in [4.78, 5) is 0. The van der Waals surface area contributed by atoms with Crippen LogP contribution in [0, 0.1) is 0 Å². The van der Waals surface area contributed by atoms with Gasteiger partial charge in [0.1, 0.15) is 0 Å². The van der Waals surface area contributed by atoms with E-state index >= 15 is 0 Å². The predicted octanol–water partition coefficient (Wildman–Crippen LogP) is 7.29. The van der Waals surface area contributed by atoms with Crippen LogP contribution in [-0.4, -0.2) is 23.4 Å². The molecule has 164 valence electrons. The molecule has 0 atom stereocenters. The second-order valence-corrected chi connectivity index (χ2v) is 7.66. The van der Waals surface area contributed by atoms with Gasteiger partial charge in [-0.25, -0.2) is 0 Å². The Labute approximate surface area is 184 Å². The minimum atomic E-state index is 0.179. The molecule has 0 fully saturated rings. The first-order chi connectivity index (χ1) is 14.7. The molecule has 2 heteroatoms. The zero-order valence-corrected chi connectivity index (χ0v) is 18.9. The molecule has 2 aromatic carbocycles. The highest BCUT2D eigenvalue weighted by Gasteiger charge is 1.97. The van der Waals surface area contributed by atoms with Crippen LogP contribution in [0.2, 0.25) is 0 Å². The summed E-state index contributed by atoms with van der Waals surface area (Å²) in [5, 5.41) is 18.4. The molecule has 0 aliphatic heterocycles. The van der Waals surface area contributed by atoms with E-state index in [1.165, 1.54) is 49.7 Å². The lowest BCUT2D eigenvalue weighted by Crippen LogP contribution is -1.91. The average molecular weight is 409 g/mol. The molecule has 0 amide bonds. The summed E-state index contributed by atoms with van der Waals surface area (Å²) in [6, 6.07) is 20.4. The van der Waals surface area contributed by atoms with Crippen LogP contribution in [0.25, 0.3) is 12.2 Å². The van der Waals surface area contributed by atoms with Crippen molar-refractivity contribution in [1.29, 1.82) is 0 Å². The lowest BCUT2D eigenvalue weighted by molar-refractivity contribution is 0.326. The lowest BCUT2D eigenvalue weighted by atomic mass is 10.1. The molecule has 0 saturated carbocycles. The van der Waals surface area contributed by atoms with Crippen LogP contribution >= 0.6 is 0 Å². The van der Waals surface area contributed by atoms with Crippen LogP contribution in [-0.2, 0) is 0 Å². The molecule has 0 aliphatic carbocycles. The van der Waals surface area contributed by atoms with E-state index < -0.39 is 0 Å². The third-order valence-corrected chi connectivity index (χ3v) is 4.95. The number of hydrogen-bond acceptors (Lipinski definition) is 2. The third-order valence-electron chi connectivity index (χ3n) is 4.95. The highest BCUT2D eigenvalue weighted by Crippen LogP contribution is 2.14. The predicted molar refractivity (Wildman–Crippen MR) is 131 cm³/mol. The molecule has 0 aliphatic rings. The van der Waals surface area contributed by atoms with Gasteiger partial charge in [0.15, 0.2) is 0 Å². The fourth-order valence-electron chi connectivity index (χ4n) is 3.17. The molecule has 2 N–H and O–H groups in total. The number of hydrogen-bond donors (Lipinski definition) is 2. The van der Waals surface area contributed by atoms with E-state index in [1.807, 2.05) is 36.4 Å². The molecule has 0 radical (unpaired) electrons. The van der Waals surface area contributed by atoms with Gasteiger partial charge >= 0.3 is 0 Å². The van der Waals surface area contributed by atoms with Gasteiger partial charge < -0.3 is 10.2 Å². The normalized spacial score (nSPS) is 11.7. The van der Waals surface area contributed by atoms with E-state index in [9.17, 15) is 10.2 Å². The summed E-state index contributed by atoms with van der Waals surface area (Å²) in [5.74, 6) is 0. The average Bonchev–Trinajstić information content (AvgIpc) is 2.80. The van der Waals surface area contributed by atoms with E-state index in [0.717, 1.165) is 24.0 Å². The van der Waals surface area contributed by atoms with Gasteiger partial charge in [0.2, 0.25) is 0 Å². The van der Waals surface area contributed by atoms with Crippen molar-refractivity contribution < 1.29 is 10.2 Å². The van der Waals surface area contributed by atoms with Crippen molar-refractivity contribution >= 4 is 12.2 Å². The summed E-state index contributed by atoms with van der Waals surface area (Å²) < 4.78 is 0. The van der Waals surface area contributed by atoms with Gasteiger partial charge in [0.05, 0.1) is 13.2 Å². The third kappa shape index (κ3) is 12.4. The smallest absolute Gasteiger partial charge is 0.0645 e. The topological polar surface area (TPSA) is 40.5 Å². The fourth-order valence-corrected chi connectivity index (χ4v) is 3.17. The number of aliphatic hydroxyl groups is 2. The Kier molecular flexibility index (Phi) is 15.2. The number of unbranched alkanes of at least 4 members (excludes halogenated alkanes) is 4. The van der Waals surface area contributed by atoms with Crippen molar-refractivity contribution in [3.05, 3.63) is 82.9 Å². The van der Waals surface area contributed by atoms with Gasteiger partial charge in [-0.1, -0.05) is 112 Å². The van der Waals surface area contributed by atoms with Crippen molar-refractivity contribution in [3.63, 3.8) is 0 Å². The van der Waals surface area contributed by atoms with E-state index in [-0.39, 0.29) is 13.2 Å². The monoisotopic (exact) mass is 408 g/mol. The Balaban J connectivity index is 0.000000300. The Morgan fingerprint density at radius 3 is 1.27 bits per heavy atom. The molecule has 0 aromatic heterocycles. The maximum Gasteiger partial charge on any atom is 0.0645 e. The number of benzene rings is 2. The van der Waals surface area contributed by atoms with Gasteiger partial charge in [0.25, 0.3) is 0 Å². The molecule has 2 rings (SSSR count). The maximum atomic E-state index is 9.22. The van der Waals surface area contributed by atoms with Gasteiger partial charge in [-0.2, -0.15) is 0 Å². The van der Waals surface area contributed by atoms with E-state index in [1.54, 1.807) is 0 Å². The Hall–Kier alpha value is -2.16. The molecule has 0 heterocycles. The van der Waals surface area contributed by atoms with Gasteiger partial charge in [-0.15, -0.1) is 0 Å². The first-order valence-electron chi connectivity index (χ1n) is 11.4. The highest BCUT2D eigenvalue weighted by atomic mass is 16.3. The van der Waals surface area contributed by atoms with Crippen LogP contribution in [0.1, 0.15) is 76.3 Å². The zero-order chi connectivity index (χ0) is 21.9. The second kappa shape index (κ2) is 17.7. The van der Waals surface area contributed by atoms with Crippen LogP contribution in [0.3, 0.4) is 0 Å². The summed E-state index contributed by atoms with van der Waals surface area (Å²) >= 11 is 0. The van der Waals surface area contributed by atoms with Crippen LogP contribution < -0.4 is 0 Å². The summed E-state index contributed by atoms with van der Waals surface area (Å²) in [6.07, 6.45) is 13.5. The largest absolute Gasteiger partial charge is 0.392 e. The molecule has 0 bridgehead atoms. The minimum Gasteiger partial charge on any atom is -0.392 e. The molecule has 0 spiro atoms. The van der Waals surface area contributed by atoms with Crippen molar-refractivity contribution in [2.24, 2.45) is 0 Å². The summed E-state index contributed by atoms with van der Waals surface area (Å²) in [5.41, 5.74) is 4.63. The van der Waals surface area contributed by atoms with Gasteiger partial charge in [-0.3, -0.25) is 0 Å². The number of aliphatic hydroxyl groups excluding tert-OH is 2. The zero-order valence-electron chi connectivity index (χ0n) is 18.9. The number of rotatable bonds is 12. The van der Waals surface area contributed by atoms with E-state index in [4.69, 9.17) is 0 Å². The lowest BCUT2D eigenvalue weighted by Gasteiger charge is -2.03. The second-order valence-electron chi connectivity index (χ2n) is 7.66. The highest BCUT2D eigenvalue weighted by molar-refractivity contribution is 5.53. The van der Waals surface area contributed by atoms with Gasteiger partial charge in [0, 0.05) is 0 Å². The summed E-state index contributed by atoms with van der Waals surface area (Å²) in [6.45, 7) is 4.75. The van der Waals surface area contributed by atoms with Gasteiger partial charge in [-0.05, 0) is 48.0 Å². The van der Waals surface area contributed by atoms with Crippen molar-refractivity contribution in [2.45, 2.75) is 65.2 Å². The SMILES string of the molecule is CCCCC/C(=C\c1ccccc1)CO.CCCCCC(=Cc1ccccc1)CO. The standard InChI is InChI=1S/2C14H20O/c2*1-2-3-5-10-14(12-15)11-13-8-6-4-7-9-13/h2*4,6-9,11,15H,2-3,5,10,12H2,1H3/b14-11+;. The molecule has 2 aromatic rings. The Morgan fingerprint density at radius 2 is 0.967 bits per heavy atom. The molecule has 2 nitrogen and oxygen atoms in total. The molecule has 0 unspecified atom stereocenters. The Bertz CT molecular complexity index is 638. The first-order valence-corrected chi connectivity index (χ1v) is 11.4. The first kappa shape index (κ1) is 25.9. The molecule has 0 saturated heterocycles. The van der Waals surface area contributed by atoms with Crippen LogP contribution in [0.5, 0.6) is 0 Å². The quantitative estimate of drug-likeness (QED) is 0.362. The van der Waals surface area contributed by atoms with Crippen LogP contribution in [0.4, 0.5) is 0 Å².